The van der Waals surface area contributed by atoms with Gasteiger partial charge in [0.2, 0.25) is 10.0 Å². The number of carbonyl (C=O) groups is 1. The topological polar surface area (TPSA) is 84.5 Å². The van der Waals surface area contributed by atoms with Crippen molar-refractivity contribution in [2.75, 3.05) is 24.1 Å². The largest absolute Gasteiger partial charge is 0.491 e. The summed E-state index contributed by atoms with van der Waals surface area (Å²) < 4.78 is 30.8. The average molecular weight is 362 g/mol. The molecule has 0 aliphatic heterocycles. The van der Waals surface area contributed by atoms with Crippen molar-refractivity contribution in [2.24, 2.45) is 0 Å². The number of sulfonamides is 1. The predicted molar refractivity (Wildman–Crippen MR) is 98.7 cm³/mol. The van der Waals surface area contributed by atoms with Crippen molar-refractivity contribution in [2.45, 2.75) is 13.8 Å². The van der Waals surface area contributed by atoms with E-state index < -0.39 is 10.0 Å². The van der Waals surface area contributed by atoms with Gasteiger partial charge in [-0.1, -0.05) is 24.3 Å². The van der Waals surface area contributed by atoms with Crippen LogP contribution < -0.4 is 14.8 Å². The van der Waals surface area contributed by atoms with E-state index >= 15 is 0 Å². The zero-order valence-electron chi connectivity index (χ0n) is 14.5. The van der Waals surface area contributed by atoms with E-state index in [2.05, 4.69) is 10.0 Å². The quantitative estimate of drug-likeness (QED) is 0.741. The number of benzene rings is 2. The fourth-order valence-corrected chi connectivity index (χ4v) is 2.95. The van der Waals surface area contributed by atoms with Crippen LogP contribution in [0.15, 0.2) is 42.5 Å². The Morgan fingerprint density at radius 3 is 2.48 bits per heavy atom. The Morgan fingerprint density at radius 2 is 1.80 bits per heavy atom. The number of carbonyl (C=O) groups excluding carboxylic acids is 1. The second-order valence-electron chi connectivity index (χ2n) is 5.72. The van der Waals surface area contributed by atoms with Gasteiger partial charge in [-0.25, -0.2) is 8.42 Å². The molecule has 0 heterocycles. The predicted octanol–water partition coefficient (Wildman–Crippen LogP) is 2.48. The van der Waals surface area contributed by atoms with E-state index in [9.17, 15) is 13.2 Å². The van der Waals surface area contributed by atoms with E-state index in [0.717, 1.165) is 17.6 Å². The number of rotatable bonds is 7. The molecule has 0 aliphatic carbocycles. The number of anilines is 1. The zero-order chi connectivity index (χ0) is 18.4. The Bertz CT molecular complexity index is 863. The summed E-state index contributed by atoms with van der Waals surface area (Å²) in [5, 5.41) is 2.78. The molecule has 0 aliphatic rings. The minimum atomic E-state index is -3.40. The highest BCUT2D eigenvalue weighted by molar-refractivity contribution is 7.92. The van der Waals surface area contributed by atoms with Gasteiger partial charge in [0.1, 0.15) is 12.4 Å². The highest BCUT2D eigenvalue weighted by atomic mass is 32.2. The molecular weight excluding hydrogens is 340 g/mol. The molecule has 2 aromatic rings. The first-order chi connectivity index (χ1) is 11.8. The normalized spacial score (nSPS) is 11.0. The molecule has 2 N–H and O–H groups in total. The van der Waals surface area contributed by atoms with E-state index in [1.54, 1.807) is 25.1 Å². The van der Waals surface area contributed by atoms with Gasteiger partial charge in [-0.3, -0.25) is 9.52 Å². The minimum Gasteiger partial charge on any atom is -0.491 e. The van der Waals surface area contributed by atoms with Crippen LogP contribution in [0.3, 0.4) is 0 Å². The Kier molecular flexibility index (Phi) is 6.03. The molecular formula is C18H22N2O4S. The Hall–Kier alpha value is -2.54. The number of hydrogen-bond donors (Lipinski definition) is 2. The van der Waals surface area contributed by atoms with Crippen LogP contribution in [0.2, 0.25) is 0 Å². The van der Waals surface area contributed by atoms with Gasteiger partial charge < -0.3 is 10.1 Å². The fourth-order valence-electron chi connectivity index (χ4n) is 2.33. The van der Waals surface area contributed by atoms with Gasteiger partial charge in [0.15, 0.2) is 0 Å². The summed E-state index contributed by atoms with van der Waals surface area (Å²) in [6.45, 7) is 4.34. The standard InChI is InChI=1S/C18H22N2O4S/c1-13-7-4-5-10-17(13)24-12-11-19-18(21)15-8-6-9-16(14(15)2)20-25(3,22)23/h4-10,20H,11-12H2,1-3H3,(H,19,21). The van der Waals surface area contributed by atoms with E-state index in [1.807, 2.05) is 31.2 Å². The molecule has 0 spiro atoms. The number of aryl methyl sites for hydroxylation is 1. The SMILES string of the molecule is Cc1ccccc1OCCNC(=O)c1cccc(NS(C)(=O)=O)c1C. The second kappa shape index (κ2) is 8.02. The van der Waals surface area contributed by atoms with E-state index in [0.29, 0.717) is 30.0 Å². The van der Waals surface area contributed by atoms with Crippen LogP contribution >= 0.6 is 0 Å². The highest BCUT2D eigenvalue weighted by Gasteiger charge is 2.13. The van der Waals surface area contributed by atoms with Crippen molar-refractivity contribution in [1.29, 1.82) is 0 Å². The van der Waals surface area contributed by atoms with Crippen LogP contribution in [0.25, 0.3) is 0 Å². The third-order valence-electron chi connectivity index (χ3n) is 3.61. The Labute approximate surface area is 148 Å². The summed E-state index contributed by atoms with van der Waals surface area (Å²) in [5.41, 5.74) is 2.42. The molecule has 6 nitrogen and oxygen atoms in total. The lowest BCUT2D eigenvalue weighted by Gasteiger charge is -2.13. The summed E-state index contributed by atoms with van der Waals surface area (Å²) in [5.74, 6) is 0.510. The van der Waals surface area contributed by atoms with Gasteiger partial charge in [-0.2, -0.15) is 0 Å². The highest BCUT2D eigenvalue weighted by Crippen LogP contribution is 2.20. The minimum absolute atomic E-state index is 0.275. The molecule has 0 fully saturated rings. The summed E-state index contributed by atoms with van der Waals surface area (Å²) in [6.07, 6.45) is 1.07. The van der Waals surface area contributed by atoms with Crippen molar-refractivity contribution in [1.82, 2.24) is 5.32 Å². The summed E-state index contributed by atoms with van der Waals surface area (Å²) >= 11 is 0. The van der Waals surface area contributed by atoms with Gasteiger partial charge in [0, 0.05) is 5.56 Å². The Morgan fingerprint density at radius 1 is 1.08 bits per heavy atom. The van der Waals surface area contributed by atoms with E-state index in [1.165, 1.54) is 0 Å². The lowest BCUT2D eigenvalue weighted by Crippen LogP contribution is -2.29. The number of ether oxygens (including phenoxy) is 1. The fraction of sp³-hybridized carbons (Fsp3) is 0.278. The smallest absolute Gasteiger partial charge is 0.251 e. The Balaban J connectivity index is 1.95. The van der Waals surface area contributed by atoms with Crippen molar-refractivity contribution in [3.05, 3.63) is 59.2 Å². The van der Waals surface area contributed by atoms with Crippen LogP contribution in [-0.4, -0.2) is 33.7 Å². The van der Waals surface area contributed by atoms with Gasteiger partial charge >= 0.3 is 0 Å². The van der Waals surface area contributed by atoms with Crippen molar-refractivity contribution < 1.29 is 17.9 Å². The van der Waals surface area contributed by atoms with Gasteiger partial charge in [-0.15, -0.1) is 0 Å². The average Bonchev–Trinajstić information content (AvgIpc) is 2.53. The van der Waals surface area contributed by atoms with Gasteiger partial charge in [0.25, 0.3) is 5.91 Å². The molecule has 0 atom stereocenters. The molecule has 0 unspecified atom stereocenters. The van der Waals surface area contributed by atoms with Crippen LogP contribution in [0, 0.1) is 13.8 Å². The summed E-state index contributed by atoms with van der Waals surface area (Å²) in [6, 6.07) is 12.6. The maximum atomic E-state index is 12.3. The van der Waals surface area contributed by atoms with E-state index in [4.69, 9.17) is 4.74 Å². The second-order valence-corrected chi connectivity index (χ2v) is 7.47. The third-order valence-corrected chi connectivity index (χ3v) is 4.20. The van der Waals surface area contributed by atoms with E-state index in [-0.39, 0.29) is 5.91 Å². The molecule has 25 heavy (non-hydrogen) atoms. The first-order valence-electron chi connectivity index (χ1n) is 7.82. The maximum absolute atomic E-state index is 12.3. The number of hydrogen-bond acceptors (Lipinski definition) is 4. The first kappa shape index (κ1) is 18.8. The third kappa shape index (κ3) is 5.49. The van der Waals surface area contributed by atoms with Crippen molar-refractivity contribution in [3.8, 4) is 5.75 Å². The zero-order valence-corrected chi connectivity index (χ0v) is 15.3. The van der Waals surface area contributed by atoms with Crippen LogP contribution in [0.5, 0.6) is 5.75 Å². The van der Waals surface area contributed by atoms with Crippen LogP contribution in [-0.2, 0) is 10.0 Å². The van der Waals surface area contributed by atoms with Crippen LogP contribution in [0.4, 0.5) is 5.69 Å². The molecule has 0 bridgehead atoms. The molecule has 0 saturated carbocycles. The van der Waals surface area contributed by atoms with Crippen LogP contribution in [0.1, 0.15) is 21.5 Å². The summed E-state index contributed by atoms with van der Waals surface area (Å²) in [4.78, 5) is 12.3. The van der Waals surface area contributed by atoms with Crippen molar-refractivity contribution in [3.63, 3.8) is 0 Å². The lowest BCUT2D eigenvalue weighted by molar-refractivity contribution is 0.0946. The van der Waals surface area contributed by atoms with Gasteiger partial charge in [-0.05, 0) is 43.2 Å². The molecule has 7 heteroatoms. The molecule has 0 radical (unpaired) electrons. The molecule has 2 aromatic carbocycles. The molecule has 1 amide bonds. The van der Waals surface area contributed by atoms with Crippen molar-refractivity contribution >= 4 is 21.6 Å². The molecule has 134 valence electrons. The van der Waals surface area contributed by atoms with Gasteiger partial charge in [0.05, 0.1) is 18.5 Å². The maximum Gasteiger partial charge on any atom is 0.251 e. The molecule has 0 aromatic heterocycles. The molecule has 0 saturated heterocycles. The lowest BCUT2D eigenvalue weighted by atomic mass is 10.1. The molecule has 2 rings (SSSR count). The number of amides is 1. The monoisotopic (exact) mass is 362 g/mol. The first-order valence-corrected chi connectivity index (χ1v) is 9.71. The summed E-state index contributed by atoms with van der Waals surface area (Å²) in [7, 11) is -3.40. The number of nitrogens with one attached hydrogen (secondary N) is 2. The number of para-hydroxylation sites is 1.